The Morgan fingerprint density at radius 3 is 2.89 bits per heavy atom. The van der Waals surface area contributed by atoms with Gasteiger partial charge in [-0.2, -0.15) is 0 Å². The Morgan fingerprint density at radius 2 is 2.11 bits per heavy atom. The van der Waals surface area contributed by atoms with Gasteiger partial charge in [0, 0.05) is 43.0 Å². The van der Waals surface area contributed by atoms with Gasteiger partial charge in [-0.15, -0.1) is 0 Å². The zero-order valence-corrected chi connectivity index (χ0v) is 15.4. The van der Waals surface area contributed by atoms with E-state index in [4.69, 9.17) is 4.74 Å². The van der Waals surface area contributed by atoms with Crippen molar-refractivity contribution in [1.29, 1.82) is 0 Å². The van der Waals surface area contributed by atoms with Crippen LogP contribution in [0.5, 0.6) is 5.75 Å². The van der Waals surface area contributed by atoms with Crippen LogP contribution < -0.4 is 20.7 Å². The van der Waals surface area contributed by atoms with Crippen molar-refractivity contribution in [2.45, 2.75) is 31.7 Å². The summed E-state index contributed by atoms with van der Waals surface area (Å²) in [5.41, 5.74) is 1.84. The van der Waals surface area contributed by atoms with Crippen LogP contribution in [-0.2, 0) is 11.2 Å². The molecule has 8 heteroatoms. The Hall–Kier alpha value is -2.90. The molecule has 148 valence electrons. The Morgan fingerprint density at radius 1 is 1.29 bits per heavy atom. The minimum atomic E-state index is -0.901. The molecule has 3 amide bonds. The number of ether oxygens (including phenoxy) is 1. The third-order valence-corrected chi connectivity index (χ3v) is 5.41. The first-order chi connectivity index (χ1) is 13.4. The second kappa shape index (κ2) is 7.26. The first-order valence-electron chi connectivity index (χ1n) is 9.29. The number of benzene rings is 1. The topological polar surface area (TPSA) is 79.5 Å². The molecule has 1 aliphatic carbocycles. The molecule has 0 radical (unpaired) electrons. The summed E-state index contributed by atoms with van der Waals surface area (Å²) in [4.78, 5) is 24.7. The van der Waals surface area contributed by atoms with Crippen LogP contribution in [0.1, 0.15) is 30.4 Å². The number of allylic oxidation sites excluding steroid dienone is 4. The van der Waals surface area contributed by atoms with E-state index < -0.39 is 23.8 Å². The highest BCUT2D eigenvalue weighted by Crippen LogP contribution is 2.34. The van der Waals surface area contributed by atoms with Gasteiger partial charge in [-0.1, -0.05) is 6.92 Å². The molecule has 2 heterocycles. The molecular formula is C20H21F2N3O3. The molecule has 1 unspecified atom stereocenters. The van der Waals surface area contributed by atoms with E-state index in [-0.39, 0.29) is 30.6 Å². The van der Waals surface area contributed by atoms with Crippen LogP contribution >= 0.6 is 0 Å². The van der Waals surface area contributed by atoms with Gasteiger partial charge in [-0.05, 0) is 29.3 Å². The fourth-order valence-electron chi connectivity index (χ4n) is 3.87. The van der Waals surface area contributed by atoms with Gasteiger partial charge in [0.25, 0.3) is 0 Å². The number of fused-ring (bicyclic) bond motifs is 1. The molecule has 3 N–H and O–H groups in total. The van der Waals surface area contributed by atoms with Gasteiger partial charge >= 0.3 is 6.03 Å². The predicted octanol–water partition coefficient (Wildman–Crippen LogP) is 2.42. The third kappa shape index (κ3) is 3.46. The number of nitrogens with one attached hydrogen (secondary N) is 3. The predicted molar refractivity (Wildman–Crippen MR) is 97.9 cm³/mol. The Kier molecular flexibility index (Phi) is 4.78. The van der Waals surface area contributed by atoms with Gasteiger partial charge in [0.15, 0.2) is 0 Å². The number of carbonyl (C=O) groups excluding carboxylic acids is 2. The second-order valence-electron chi connectivity index (χ2n) is 7.35. The van der Waals surface area contributed by atoms with E-state index in [9.17, 15) is 18.4 Å². The molecule has 3 aliphatic rings. The molecule has 4 rings (SSSR count). The summed E-state index contributed by atoms with van der Waals surface area (Å²) in [6.45, 7) is 2.53. The van der Waals surface area contributed by atoms with Crippen LogP contribution in [0.3, 0.4) is 0 Å². The van der Waals surface area contributed by atoms with Crippen molar-refractivity contribution in [3.8, 4) is 5.75 Å². The number of amides is 3. The van der Waals surface area contributed by atoms with E-state index in [1.807, 2.05) is 0 Å². The molecule has 1 aromatic rings. The van der Waals surface area contributed by atoms with Gasteiger partial charge in [-0.3, -0.25) is 4.79 Å². The standard InChI is InChI=1S/C20H21F2N3O3/c1-10-6-12(21)2-3-16(10)24-20(27)25-18-14(9-23-19(18)26)13-7-11-4-5-28-17(11)8-15(13)22/h2-3,7-8,10,14,18H,4-6,9H2,1H3,(H,23,26)(H2,24,25,27)/t10?,14-,18-/m0/s1. The summed E-state index contributed by atoms with van der Waals surface area (Å²) in [6.07, 6.45) is 3.71. The molecule has 1 fully saturated rings. The molecule has 0 bridgehead atoms. The van der Waals surface area contributed by atoms with Crippen molar-refractivity contribution in [3.05, 3.63) is 52.8 Å². The molecule has 2 aliphatic heterocycles. The van der Waals surface area contributed by atoms with Crippen LogP contribution in [-0.4, -0.2) is 31.1 Å². The highest BCUT2D eigenvalue weighted by Gasteiger charge is 2.39. The fraction of sp³-hybridized carbons (Fsp3) is 0.400. The molecule has 0 spiro atoms. The molecule has 0 saturated carbocycles. The quantitative estimate of drug-likeness (QED) is 0.743. The van der Waals surface area contributed by atoms with E-state index in [1.165, 1.54) is 18.2 Å². The molecule has 6 nitrogen and oxygen atoms in total. The first-order valence-corrected chi connectivity index (χ1v) is 9.29. The SMILES string of the molecule is CC1CC(F)=CC=C1NC(=O)N[C@@H]1C(=O)NC[C@H]1c1cc2c(cc1F)OCC2. The van der Waals surface area contributed by atoms with E-state index in [0.29, 0.717) is 30.0 Å². The van der Waals surface area contributed by atoms with Gasteiger partial charge in [0.1, 0.15) is 23.4 Å². The summed E-state index contributed by atoms with van der Waals surface area (Å²) in [5, 5.41) is 7.99. The lowest BCUT2D eigenvalue weighted by molar-refractivity contribution is -0.120. The van der Waals surface area contributed by atoms with Gasteiger partial charge in [0.2, 0.25) is 5.91 Å². The van der Waals surface area contributed by atoms with E-state index in [0.717, 1.165) is 5.56 Å². The van der Waals surface area contributed by atoms with Crippen LogP contribution in [0.25, 0.3) is 0 Å². The van der Waals surface area contributed by atoms with Gasteiger partial charge in [-0.25, -0.2) is 13.6 Å². The molecule has 0 aromatic heterocycles. The smallest absolute Gasteiger partial charge is 0.319 e. The van der Waals surface area contributed by atoms with E-state index in [1.54, 1.807) is 13.0 Å². The lowest BCUT2D eigenvalue weighted by Crippen LogP contribution is -2.47. The highest BCUT2D eigenvalue weighted by atomic mass is 19.1. The van der Waals surface area contributed by atoms with E-state index >= 15 is 0 Å². The summed E-state index contributed by atoms with van der Waals surface area (Å²) in [5.74, 6) is -1.26. The Balaban J connectivity index is 1.50. The molecular weight excluding hydrogens is 368 g/mol. The summed E-state index contributed by atoms with van der Waals surface area (Å²) < 4.78 is 33.3. The van der Waals surface area contributed by atoms with Crippen molar-refractivity contribution in [3.63, 3.8) is 0 Å². The number of urea groups is 1. The maximum atomic E-state index is 14.6. The summed E-state index contributed by atoms with van der Waals surface area (Å²) in [7, 11) is 0. The number of carbonyl (C=O) groups is 2. The minimum Gasteiger partial charge on any atom is -0.493 e. The summed E-state index contributed by atoms with van der Waals surface area (Å²) >= 11 is 0. The molecule has 28 heavy (non-hydrogen) atoms. The van der Waals surface area contributed by atoms with Crippen molar-refractivity contribution >= 4 is 11.9 Å². The summed E-state index contributed by atoms with van der Waals surface area (Å²) in [6, 6.07) is 1.58. The lowest BCUT2D eigenvalue weighted by atomic mass is 9.91. The largest absolute Gasteiger partial charge is 0.493 e. The maximum absolute atomic E-state index is 14.6. The van der Waals surface area contributed by atoms with Crippen molar-refractivity contribution in [1.82, 2.24) is 16.0 Å². The number of halogens is 2. The third-order valence-electron chi connectivity index (χ3n) is 5.41. The monoisotopic (exact) mass is 389 g/mol. The van der Waals surface area contributed by atoms with E-state index in [2.05, 4.69) is 16.0 Å². The second-order valence-corrected chi connectivity index (χ2v) is 7.35. The average molecular weight is 389 g/mol. The van der Waals surface area contributed by atoms with Gasteiger partial charge in [0.05, 0.1) is 6.61 Å². The maximum Gasteiger partial charge on any atom is 0.319 e. The number of hydrogen-bond donors (Lipinski definition) is 3. The Labute approximate surface area is 161 Å². The van der Waals surface area contributed by atoms with Crippen LogP contribution in [0.15, 0.2) is 35.8 Å². The average Bonchev–Trinajstić information content (AvgIpc) is 3.23. The molecule has 3 atom stereocenters. The zero-order valence-electron chi connectivity index (χ0n) is 15.4. The molecule has 1 aromatic carbocycles. The highest BCUT2D eigenvalue weighted by molar-refractivity contribution is 5.90. The van der Waals surface area contributed by atoms with Crippen molar-refractivity contribution in [2.24, 2.45) is 5.92 Å². The number of rotatable bonds is 3. The fourth-order valence-corrected chi connectivity index (χ4v) is 3.87. The normalized spacial score (nSPS) is 26.0. The lowest BCUT2D eigenvalue weighted by Gasteiger charge is -2.23. The zero-order chi connectivity index (χ0) is 19.8. The van der Waals surface area contributed by atoms with Crippen LogP contribution in [0.2, 0.25) is 0 Å². The van der Waals surface area contributed by atoms with Crippen molar-refractivity contribution < 1.29 is 23.1 Å². The molecule has 1 saturated heterocycles. The Bertz CT molecular complexity index is 897. The van der Waals surface area contributed by atoms with Crippen LogP contribution in [0.4, 0.5) is 13.6 Å². The number of hydrogen-bond acceptors (Lipinski definition) is 3. The van der Waals surface area contributed by atoms with Crippen LogP contribution in [0, 0.1) is 11.7 Å². The minimum absolute atomic E-state index is 0.182. The van der Waals surface area contributed by atoms with Crippen molar-refractivity contribution in [2.75, 3.05) is 13.2 Å². The van der Waals surface area contributed by atoms with Gasteiger partial charge < -0.3 is 20.7 Å². The first kappa shape index (κ1) is 18.5.